The highest BCUT2D eigenvalue weighted by Crippen LogP contribution is 2.20. The zero-order chi connectivity index (χ0) is 20.8. The Morgan fingerprint density at radius 2 is 1.79 bits per heavy atom. The number of carbonyl (C=O) groups is 3. The van der Waals surface area contributed by atoms with Crippen molar-refractivity contribution in [2.45, 2.75) is 19.3 Å². The topological polar surface area (TPSA) is 95.9 Å². The van der Waals surface area contributed by atoms with E-state index in [-0.39, 0.29) is 24.2 Å². The third-order valence-electron chi connectivity index (χ3n) is 5.05. The fourth-order valence-electron chi connectivity index (χ4n) is 3.38. The van der Waals surface area contributed by atoms with Crippen LogP contribution in [0.2, 0.25) is 0 Å². The Morgan fingerprint density at radius 1 is 1.10 bits per heavy atom. The van der Waals surface area contributed by atoms with Crippen LogP contribution in [-0.4, -0.2) is 48.0 Å². The largest absolute Gasteiger partial charge is 0.497 e. The predicted molar refractivity (Wildman–Crippen MR) is 108 cm³/mol. The maximum absolute atomic E-state index is 12.6. The molecule has 2 aromatic carbocycles. The Hall–Kier alpha value is -3.35. The number of piperidine rings is 1. The number of rotatable bonds is 6. The summed E-state index contributed by atoms with van der Waals surface area (Å²) < 4.78 is 5.16. The van der Waals surface area contributed by atoms with Crippen LogP contribution in [0, 0.1) is 5.92 Å². The van der Waals surface area contributed by atoms with Gasteiger partial charge in [-0.15, -0.1) is 0 Å². The highest BCUT2D eigenvalue weighted by Gasteiger charge is 2.27. The molecule has 0 atom stereocenters. The lowest BCUT2D eigenvalue weighted by atomic mass is 9.96. The summed E-state index contributed by atoms with van der Waals surface area (Å²) in [5.74, 6) is -0.755. The summed E-state index contributed by atoms with van der Waals surface area (Å²) in [6, 6.07) is 14.1. The van der Waals surface area contributed by atoms with Crippen molar-refractivity contribution >= 4 is 23.5 Å². The number of nitrogens with one attached hydrogen (secondary N) is 1. The predicted octanol–water partition coefficient (Wildman–Crippen LogP) is 2.81. The Morgan fingerprint density at radius 3 is 2.41 bits per heavy atom. The van der Waals surface area contributed by atoms with Crippen LogP contribution in [-0.2, 0) is 16.0 Å². The molecule has 2 N–H and O–H groups in total. The lowest BCUT2D eigenvalue weighted by Crippen LogP contribution is -2.40. The van der Waals surface area contributed by atoms with Gasteiger partial charge < -0.3 is 20.1 Å². The van der Waals surface area contributed by atoms with E-state index in [1.165, 1.54) is 0 Å². The van der Waals surface area contributed by atoms with E-state index >= 15 is 0 Å². The summed E-state index contributed by atoms with van der Waals surface area (Å²) in [5.41, 5.74) is 1.97. The van der Waals surface area contributed by atoms with Crippen LogP contribution in [0.25, 0.3) is 0 Å². The second-order valence-electron chi connectivity index (χ2n) is 7.06. The molecule has 0 saturated carbocycles. The van der Waals surface area contributed by atoms with E-state index in [1.54, 1.807) is 36.3 Å². The number of ether oxygens (including phenoxy) is 1. The lowest BCUT2D eigenvalue weighted by molar-refractivity contribution is -0.143. The molecular formula is C22H24N2O5. The molecule has 1 heterocycles. The van der Waals surface area contributed by atoms with E-state index in [4.69, 9.17) is 9.84 Å². The monoisotopic (exact) mass is 396 g/mol. The number of anilines is 1. The van der Waals surface area contributed by atoms with Crippen LogP contribution in [0.4, 0.5) is 5.69 Å². The molecule has 1 fully saturated rings. The molecule has 3 rings (SSSR count). The zero-order valence-electron chi connectivity index (χ0n) is 16.3. The summed E-state index contributed by atoms with van der Waals surface area (Å²) in [4.78, 5) is 37.6. The average molecular weight is 396 g/mol. The number of methoxy groups -OCH3 is 1. The Bertz CT molecular complexity index is 886. The minimum absolute atomic E-state index is 0.122. The number of benzene rings is 2. The van der Waals surface area contributed by atoms with E-state index in [1.807, 2.05) is 24.3 Å². The second kappa shape index (κ2) is 9.23. The van der Waals surface area contributed by atoms with Crippen LogP contribution < -0.4 is 10.1 Å². The first-order valence-electron chi connectivity index (χ1n) is 9.51. The first kappa shape index (κ1) is 20.4. The minimum atomic E-state index is -0.800. The molecule has 0 bridgehead atoms. The fourth-order valence-corrected chi connectivity index (χ4v) is 3.38. The molecular weight excluding hydrogens is 372 g/mol. The molecule has 7 nitrogen and oxygen atoms in total. The van der Waals surface area contributed by atoms with E-state index in [9.17, 15) is 14.4 Å². The molecule has 0 unspecified atom stereocenters. The quantitative estimate of drug-likeness (QED) is 0.783. The number of hydrogen-bond acceptors (Lipinski definition) is 4. The van der Waals surface area contributed by atoms with Gasteiger partial charge in [-0.05, 0) is 54.8 Å². The van der Waals surface area contributed by atoms with Crippen LogP contribution in [0.15, 0.2) is 48.5 Å². The normalized spacial score (nSPS) is 14.3. The highest BCUT2D eigenvalue weighted by molar-refractivity contribution is 5.96. The molecule has 1 aliphatic rings. The molecule has 7 heteroatoms. The first-order chi connectivity index (χ1) is 14.0. The minimum Gasteiger partial charge on any atom is -0.497 e. The van der Waals surface area contributed by atoms with Gasteiger partial charge in [0.15, 0.2) is 0 Å². The van der Waals surface area contributed by atoms with Crippen LogP contribution in [0.5, 0.6) is 5.75 Å². The van der Waals surface area contributed by atoms with Gasteiger partial charge in [0, 0.05) is 24.3 Å². The summed E-state index contributed by atoms with van der Waals surface area (Å²) in [5, 5.41) is 11.9. The van der Waals surface area contributed by atoms with Gasteiger partial charge in [-0.2, -0.15) is 0 Å². The van der Waals surface area contributed by atoms with Gasteiger partial charge in [-0.3, -0.25) is 14.4 Å². The van der Waals surface area contributed by atoms with Crippen molar-refractivity contribution in [1.29, 1.82) is 0 Å². The van der Waals surface area contributed by atoms with Crippen LogP contribution >= 0.6 is 0 Å². The zero-order valence-corrected chi connectivity index (χ0v) is 16.3. The SMILES string of the molecule is COc1cccc(CC(=O)Nc2ccc(C(=O)N3CCC(C(=O)O)CC3)cc2)c1. The second-order valence-corrected chi connectivity index (χ2v) is 7.06. The molecule has 1 aliphatic heterocycles. The number of carboxylic acids is 1. The van der Waals surface area contributed by atoms with Crippen LogP contribution in [0.3, 0.4) is 0 Å². The van der Waals surface area contributed by atoms with Crippen LogP contribution in [0.1, 0.15) is 28.8 Å². The smallest absolute Gasteiger partial charge is 0.306 e. The number of amides is 2. The summed E-state index contributed by atoms with van der Waals surface area (Å²) in [7, 11) is 1.58. The van der Waals surface area contributed by atoms with Gasteiger partial charge in [0.1, 0.15) is 5.75 Å². The Kier molecular flexibility index (Phi) is 6.49. The van der Waals surface area contributed by atoms with Crippen molar-refractivity contribution < 1.29 is 24.2 Å². The maximum Gasteiger partial charge on any atom is 0.306 e. The number of carboxylic acid groups (broad SMARTS) is 1. The van der Waals surface area contributed by atoms with E-state index in [2.05, 4.69) is 5.32 Å². The molecule has 0 radical (unpaired) electrons. The maximum atomic E-state index is 12.6. The molecule has 1 saturated heterocycles. The average Bonchev–Trinajstić information content (AvgIpc) is 2.74. The Balaban J connectivity index is 1.55. The summed E-state index contributed by atoms with van der Waals surface area (Å²) in [6.45, 7) is 0.879. The van der Waals surface area contributed by atoms with E-state index in [0.29, 0.717) is 42.9 Å². The van der Waals surface area contributed by atoms with Crippen molar-refractivity contribution in [3.05, 3.63) is 59.7 Å². The molecule has 0 aromatic heterocycles. The van der Waals surface area contributed by atoms with Crippen molar-refractivity contribution in [3.63, 3.8) is 0 Å². The number of nitrogens with zero attached hydrogens (tertiary/aromatic N) is 1. The van der Waals surface area contributed by atoms with Crippen molar-refractivity contribution in [2.24, 2.45) is 5.92 Å². The lowest BCUT2D eigenvalue weighted by Gasteiger charge is -2.30. The van der Waals surface area contributed by atoms with Crippen molar-refractivity contribution in [2.75, 3.05) is 25.5 Å². The van der Waals surface area contributed by atoms with Crippen molar-refractivity contribution in [1.82, 2.24) is 4.90 Å². The highest BCUT2D eigenvalue weighted by atomic mass is 16.5. The molecule has 29 heavy (non-hydrogen) atoms. The molecule has 2 amide bonds. The molecule has 152 valence electrons. The number of aliphatic carboxylic acids is 1. The van der Waals surface area contributed by atoms with Gasteiger partial charge in [-0.1, -0.05) is 12.1 Å². The van der Waals surface area contributed by atoms with Gasteiger partial charge in [0.2, 0.25) is 5.91 Å². The fraction of sp³-hybridized carbons (Fsp3) is 0.318. The van der Waals surface area contributed by atoms with Gasteiger partial charge in [-0.25, -0.2) is 0 Å². The van der Waals surface area contributed by atoms with Gasteiger partial charge >= 0.3 is 5.97 Å². The molecule has 0 spiro atoms. The Labute approximate surface area is 169 Å². The number of hydrogen-bond donors (Lipinski definition) is 2. The summed E-state index contributed by atoms with van der Waals surface area (Å²) in [6.07, 6.45) is 1.16. The van der Waals surface area contributed by atoms with Gasteiger partial charge in [0.05, 0.1) is 19.4 Å². The standard InChI is InChI=1S/C22H24N2O5/c1-29-19-4-2-3-15(13-19)14-20(25)23-18-7-5-16(6-8-18)21(26)24-11-9-17(10-12-24)22(27)28/h2-8,13,17H,9-12,14H2,1H3,(H,23,25)(H,27,28). The van der Waals surface area contributed by atoms with E-state index in [0.717, 1.165) is 5.56 Å². The third-order valence-corrected chi connectivity index (χ3v) is 5.05. The first-order valence-corrected chi connectivity index (χ1v) is 9.51. The number of carbonyl (C=O) groups excluding carboxylic acids is 2. The van der Waals surface area contributed by atoms with Gasteiger partial charge in [0.25, 0.3) is 5.91 Å². The molecule has 2 aromatic rings. The summed E-state index contributed by atoms with van der Waals surface area (Å²) >= 11 is 0. The van der Waals surface area contributed by atoms with E-state index < -0.39 is 5.97 Å². The van der Waals surface area contributed by atoms with Crippen molar-refractivity contribution in [3.8, 4) is 5.75 Å². The number of likely N-dealkylation sites (tertiary alicyclic amines) is 1. The molecule has 0 aliphatic carbocycles. The third kappa shape index (κ3) is 5.34.